The van der Waals surface area contributed by atoms with Gasteiger partial charge >= 0.3 is 0 Å². The van der Waals surface area contributed by atoms with Crippen LogP contribution in [0.3, 0.4) is 0 Å². The van der Waals surface area contributed by atoms with E-state index in [9.17, 15) is 4.79 Å². The number of hydrogen-bond donors (Lipinski definition) is 0. The number of ether oxygens (including phenoxy) is 2. The van der Waals surface area contributed by atoms with Gasteiger partial charge in [0.15, 0.2) is 11.6 Å². The van der Waals surface area contributed by atoms with Crippen molar-refractivity contribution in [1.82, 2.24) is 0 Å². The van der Waals surface area contributed by atoms with E-state index in [2.05, 4.69) is 18.2 Å². The molecule has 1 fully saturated rings. The van der Waals surface area contributed by atoms with Gasteiger partial charge in [-0.05, 0) is 38.8 Å². The molecule has 1 heterocycles. The molecule has 2 atom stereocenters. The summed E-state index contributed by atoms with van der Waals surface area (Å²) in [5, 5.41) is -0.00280. The fourth-order valence-corrected chi connectivity index (χ4v) is 4.15. The average Bonchev–Trinajstić information content (AvgIpc) is 2.87. The van der Waals surface area contributed by atoms with Gasteiger partial charge in [-0.15, -0.1) is 11.8 Å². The molecule has 0 N–H and O–H groups in total. The van der Waals surface area contributed by atoms with Crippen LogP contribution in [0.2, 0.25) is 0 Å². The molecule has 0 saturated carbocycles. The first-order valence-corrected chi connectivity index (χ1v) is 8.70. The normalized spacial score (nSPS) is 25.8. The molecule has 0 amide bonds. The summed E-state index contributed by atoms with van der Waals surface area (Å²) in [5.74, 6) is -0.314. The summed E-state index contributed by atoms with van der Waals surface area (Å²) in [5.41, 5.74) is 0.909. The van der Waals surface area contributed by atoms with Crippen LogP contribution in [0, 0.1) is 0 Å². The summed E-state index contributed by atoms with van der Waals surface area (Å²) >= 11 is 1.70. The van der Waals surface area contributed by atoms with Gasteiger partial charge in [-0.25, -0.2) is 0 Å². The third-order valence-electron chi connectivity index (χ3n) is 3.98. The molecule has 0 spiro atoms. The number of carbonyl (C=O) groups excluding carboxylic acids is 1. The summed E-state index contributed by atoms with van der Waals surface area (Å²) in [6, 6.07) is 10.2. The van der Waals surface area contributed by atoms with E-state index in [0.717, 1.165) is 23.3 Å². The Morgan fingerprint density at radius 1 is 1.27 bits per heavy atom. The average molecular weight is 318 g/mol. The Morgan fingerprint density at radius 2 is 2.05 bits per heavy atom. The van der Waals surface area contributed by atoms with Crippen LogP contribution in [0.25, 0.3) is 0 Å². The van der Waals surface area contributed by atoms with Crippen molar-refractivity contribution < 1.29 is 14.3 Å². The molecule has 0 aromatic heterocycles. The van der Waals surface area contributed by atoms with Gasteiger partial charge in [-0.2, -0.15) is 0 Å². The number of Topliss-reactive ketones (excluding diaryl/α,β-unsaturated/α-hetero) is 1. The van der Waals surface area contributed by atoms with Gasteiger partial charge in [0, 0.05) is 16.9 Å². The summed E-state index contributed by atoms with van der Waals surface area (Å²) in [4.78, 5) is 13.5. The van der Waals surface area contributed by atoms with Crippen molar-refractivity contribution in [3.8, 4) is 0 Å². The number of allylic oxidation sites excluding steroid dienone is 1. The predicted molar refractivity (Wildman–Crippen MR) is 87.9 cm³/mol. The summed E-state index contributed by atoms with van der Waals surface area (Å²) in [6.45, 7) is 4.38. The second-order valence-corrected chi connectivity index (χ2v) is 7.41. The largest absolute Gasteiger partial charge is 0.348 e. The number of rotatable bonds is 4. The number of hydrogen-bond acceptors (Lipinski definition) is 4. The van der Waals surface area contributed by atoms with E-state index < -0.39 is 5.79 Å². The van der Waals surface area contributed by atoms with Gasteiger partial charge in [0.1, 0.15) is 6.10 Å². The number of benzene rings is 1. The molecule has 0 radical (unpaired) electrons. The van der Waals surface area contributed by atoms with E-state index in [4.69, 9.17) is 9.47 Å². The van der Waals surface area contributed by atoms with Crippen LogP contribution < -0.4 is 0 Å². The van der Waals surface area contributed by atoms with Crippen molar-refractivity contribution in [3.63, 3.8) is 0 Å². The van der Waals surface area contributed by atoms with Crippen LogP contribution >= 0.6 is 11.8 Å². The molecule has 118 valence electrons. The fraction of sp³-hybridized carbons (Fsp3) is 0.500. The van der Waals surface area contributed by atoms with Crippen molar-refractivity contribution in [2.24, 2.45) is 0 Å². The highest BCUT2D eigenvalue weighted by Crippen LogP contribution is 2.38. The molecule has 1 aliphatic carbocycles. The Bertz CT molecular complexity index is 565. The smallest absolute Gasteiger partial charge is 0.163 e. The molecule has 3 nitrogen and oxygen atoms in total. The lowest BCUT2D eigenvalue weighted by Gasteiger charge is -2.27. The molecule has 1 aromatic rings. The number of carbonyl (C=O) groups is 1. The molecule has 3 rings (SSSR count). The number of thioether (sulfide) groups is 1. The fourth-order valence-electron chi connectivity index (χ4n) is 2.90. The SMILES string of the molecule is CC1(C)OC[C@@H](C(Sc2ccccc2)C2=CCCCC2=O)O1. The monoisotopic (exact) mass is 318 g/mol. The van der Waals surface area contributed by atoms with E-state index in [0.29, 0.717) is 13.0 Å². The Balaban J connectivity index is 1.85. The first-order valence-electron chi connectivity index (χ1n) is 7.82. The molecule has 0 bridgehead atoms. The second kappa shape index (κ2) is 6.57. The van der Waals surface area contributed by atoms with Gasteiger partial charge in [0.25, 0.3) is 0 Å². The van der Waals surface area contributed by atoms with Crippen LogP contribution in [0.1, 0.15) is 33.1 Å². The quantitative estimate of drug-likeness (QED) is 0.787. The van der Waals surface area contributed by atoms with Crippen LogP contribution in [-0.4, -0.2) is 29.5 Å². The lowest BCUT2D eigenvalue weighted by molar-refractivity contribution is -0.138. The standard InChI is InChI=1S/C18H22O3S/c1-18(2)20-12-16(21-18)17(14-10-6-7-11-15(14)19)22-13-8-4-3-5-9-13/h3-5,8-10,16-17H,6-7,11-12H2,1-2H3/t16-,17?/m0/s1. The first-order chi connectivity index (χ1) is 10.6. The van der Waals surface area contributed by atoms with Crippen molar-refractivity contribution in [2.75, 3.05) is 6.61 Å². The zero-order valence-electron chi connectivity index (χ0n) is 13.1. The molecular formula is C18H22O3S. The molecule has 1 aromatic carbocycles. The topological polar surface area (TPSA) is 35.5 Å². The molecular weight excluding hydrogens is 296 g/mol. The van der Waals surface area contributed by atoms with Crippen LogP contribution in [0.5, 0.6) is 0 Å². The van der Waals surface area contributed by atoms with E-state index in [-0.39, 0.29) is 17.1 Å². The minimum absolute atomic E-state index is 0.00280. The third-order valence-corrected chi connectivity index (χ3v) is 5.33. The maximum Gasteiger partial charge on any atom is 0.163 e. The van der Waals surface area contributed by atoms with Crippen LogP contribution in [0.4, 0.5) is 0 Å². The third kappa shape index (κ3) is 3.62. The van der Waals surface area contributed by atoms with Gasteiger partial charge in [-0.3, -0.25) is 4.79 Å². The van der Waals surface area contributed by atoms with Crippen LogP contribution in [0.15, 0.2) is 46.9 Å². The molecule has 1 unspecified atom stereocenters. The second-order valence-electron chi connectivity index (χ2n) is 6.19. The van der Waals surface area contributed by atoms with E-state index in [1.165, 1.54) is 0 Å². The van der Waals surface area contributed by atoms with Gasteiger partial charge in [0.2, 0.25) is 0 Å². The molecule has 1 saturated heterocycles. The zero-order chi connectivity index (χ0) is 15.6. The number of ketones is 1. The lowest BCUT2D eigenvalue weighted by atomic mass is 9.93. The summed E-state index contributed by atoms with van der Waals surface area (Å²) < 4.78 is 11.8. The summed E-state index contributed by atoms with van der Waals surface area (Å²) in [6.07, 6.45) is 4.59. The van der Waals surface area contributed by atoms with Gasteiger partial charge < -0.3 is 9.47 Å². The van der Waals surface area contributed by atoms with E-state index in [1.807, 2.05) is 32.0 Å². The van der Waals surface area contributed by atoms with Crippen molar-refractivity contribution >= 4 is 17.5 Å². The Kier molecular flexibility index (Phi) is 4.71. The molecule has 22 heavy (non-hydrogen) atoms. The van der Waals surface area contributed by atoms with Crippen molar-refractivity contribution in [2.45, 2.75) is 55.1 Å². The minimum Gasteiger partial charge on any atom is -0.348 e. The highest BCUT2D eigenvalue weighted by atomic mass is 32.2. The van der Waals surface area contributed by atoms with Gasteiger partial charge in [0.05, 0.1) is 11.9 Å². The lowest BCUT2D eigenvalue weighted by Crippen LogP contribution is -2.33. The maximum absolute atomic E-state index is 12.4. The first kappa shape index (κ1) is 15.8. The highest BCUT2D eigenvalue weighted by molar-refractivity contribution is 8.00. The Morgan fingerprint density at radius 3 is 2.68 bits per heavy atom. The molecule has 2 aliphatic rings. The van der Waals surface area contributed by atoms with Crippen molar-refractivity contribution in [3.05, 3.63) is 42.0 Å². The maximum atomic E-state index is 12.4. The van der Waals surface area contributed by atoms with E-state index >= 15 is 0 Å². The van der Waals surface area contributed by atoms with Crippen LogP contribution in [-0.2, 0) is 14.3 Å². The molecule has 1 aliphatic heterocycles. The Hall–Kier alpha value is -1.10. The molecule has 4 heteroatoms. The predicted octanol–water partition coefficient (Wildman–Crippen LogP) is 3.98. The summed E-state index contributed by atoms with van der Waals surface area (Å²) in [7, 11) is 0. The van der Waals surface area contributed by atoms with Crippen molar-refractivity contribution in [1.29, 1.82) is 0 Å². The highest BCUT2D eigenvalue weighted by Gasteiger charge is 2.40. The minimum atomic E-state index is -0.571. The zero-order valence-corrected chi connectivity index (χ0v) is 13.9. The van der Waals surface area contributed by atoms with E-state index in [1.54, 1.807) is 11.8 Å². The van der Waals surface area contributed by atoms with Gasteiger partial charge in [-0.1, -0.05) is 24.3 Å². The Labute approximate surface area is 136 Å².